The molecule has 0 radical (unpaired) electrons. The Morgan fingerprint density at radius 1 is 1.44 bits per heavy atom. The van der Waals surface area contributed by atoms with Crippen LogP contribution < -0.4 is 5.32 Å². The van der Waals surface area contributed by atoms with E-state index in [4.69, 9.17) is 4.74 Å². The number of hydrogen-bond donors (Lipinski definition) is 1. The molecule has 0 aromatic carbocycles. The fraction of sp³-hybridized carbons (Fsp3) is 0.846. The van der Waals surface area contributed by atoms with Crippen molar-refractivity contribution in [2.75, 3.05) is 13.1 Å². The zero-order valence-corrected chi connectivity index (χ0v) is 11.6. The maximum absolute atomic E-state index is 5.83. The van der Waals surface area contributed by atoms with Crippen LogP contribution in [-0.2, 0) is 17.9 Å². The Labute approximate surface area is 109 Å². The van der Waals surface area contributed by atoms with E-state index in [1.54, 1.807) is 0 Å². The summed E-state index contributed by atoms with van der Waals surface area (Å²) < 4.78 is 7.80. The predicted octanol–water partition coefficient (Wildman–Crippen LogP) is 1.51. The zero-order chi connectivity index (χ0) is 13.0. The zero-order valence-electron chi connectivity index (χ0n) is 11.6. The van der Waals surface area contributed by atoms with Gasteiger partial charge >= 0.3 is 0 Å². The molecule has 1 aromatic rings. The molecule has 1 N–H and O–H groups in total. The normalized spacial score (nSPS) is 19.2. The van der Waals surface area contributed by atoms with E-state index in [1.165, 1.54) is 12.8 Å². The van der Waals surface area contributed by atoms with Crippen LogP contribution in [-0.4, -0.2) is 34.2 Å². The van der Waals surface area contributed by atoms with E-state index in [2.05, 4.69) is 29.5 Å². The summed E-state index contributed by atoms with van der Waals surface area (Å²) in [5.41, 5.74) is 2.10. The maximum Gasteiger partial charge on any atom is 0.0909 e. The average molecular weight is 252 g/mol. The van der Waals surface area contributed by atoms with Crippen molar-refractivity contribution in [1.29, 1.82) is 0 Å². The topological polar surface area (TPSA) is 52.0 Å². The fourth-order valence-electron chi connectivity index (χ4n) is 2.34. The van der Waals surface area contributed by atoms with Crippen molar-refractivity contribution in [1.82, 2.24) is 20.3 Å². The lowest BCUT2D eigenvalue weighted by Crippen LogP contribution is -2.38. The Kier molecular flexibility index (Phi) is 4.72. The standard InChI is InChI=1S/C13H24N4O/c1-4-11(5-2)6-14-7-12-8-17-13(9-18-12)10(3)15-16-17/h11-12,14H,4-9H2,1-3H3. The molecule has 0 saturated heterocycles. The first-order chi connectivity index (χ1) is 8.74. The van der Waals surface area contributed by atoms with Crippen molar-refractivity contribution in [2.45, 2.75) is 52.9 Å². The van der Waals surface area contributed by atoms with E-state index in [0.29, 0.717) is 6.61 Å². The van der Waals surface area contributed by atoms with Gasteiger partial charge in [0.05, 0.1) is 30.6 Å². The lowest BCUT2D eigenvalue weighted by molar-refractivity contribution is 0.000442. The molecule has 0 aliphatic carbocycles. The number of fused-ring (bicyclic) bond motifs is 1. The second kappa shape index (κ2) is 6.29. The molecule has 18 heavy (non-hydrogen) atoms. The van der Waals surface area contributed by atoms with E-state index in [9.17, 15) is 0 Å². The van der Waals surface area contributed by atoms with Crippen molar-refractivity contribution < 1.29 is 4.74 Å². The number of ether oxygens (including phenoxy) is 1. The van der Waals surface area contributed by atoms with Crippen LogP contribution in [0.15, 0.2) is 0 Å². The molecular formula is C13H24N4O. The molecule has 0 saturated carbocycles. The Morgan fingerprint density at radius 2 is 2.22 bits per heavy atom. The average Bonchev–Trinajstić information content (AvgIpc) is 2.76. The first-order valence-corrected chi connectivity index (χ1v) is 6.95. The van der Waals surface area contributed by atoms with Crippen LogP contribution in [0.2, 0.25) is 0 Å². The van der Waals surface area contributed by atoms with E-state index in [0.717, 1.165) is 36.9 Å². The summed E-state index contributed by atoms with van der Waals surface area (Å²) in [4.78, 5) is 0. The molecule has 5 heteroatoms. The largest absolute Gasteiger partial charge is 0.369 e. The SMILES string of the molecule is CCC(CC)CNCC1Cn2nnc(C)c2CO1. The number of hydrogen-bond acceptors (Lipinski definition) is 4. The predicted molar refractivity (Wildman–Crippen MR) is 70.3 cm³/mol. The molecule has 0 bridgehead atoms. The van der Waals surface area contributed by atoms with Gasteiger partial charge in [-0.25, -0.2) is 4.68 Å². The van der Waals surface area contributed by atoms with Crippen molar-refractivity contribution in [2.24, 2.45) is 5.92 Å². The van der Waals surface area contributed by atoms with E-state index in [-0.39, 0.29) is 6.10 Å². The van der Waals surface area contributed by atoms with Gasteiger partial charge in [0.1, 0.15) is 0 Å². The van der Waals surface area contributed by atoms with E-state index in [1.807, 2.05) is 11.6 Å². The second-order valence-electron chi connectivity index (χ2n) is 5.08. The van der Waals surface area contributed by atoms with Crippen molar-refractivity contribution >= 4 is 0 Å². The van der Waals surface area contributed by atoms with Gasteiger partial charge in [-0.15, -0.1) is 5.10 Å². The lowest BCUT2D eigenvalue weighted by atomic mass is 10.0. The van der Waals surface area contributed by atoms with Crippen LogP contribution >= 0.6 is 0 Å². The minimum Gasteiger partial charge on any atom is -0.369 e. The Balaban J connectivity index is 1.76. The third kappa shape index (κ3) is 3.09. The first kappa shape index (κ1) is 13.5. The van der Waals surface area contributed by atoms with Crippen LogP contribution in [0, 0.1) is 12.8 Å². The second-order valence-corrected chi connectivity index (χ2v) is 5.08. The van der Waals surface area contributed by atoms with Crippen molar-refractivity contribution in [3.8, 4) is 0 Å². The Morgan fingerprint density at radius 3 is 2.94 bits per heavy atom. The van der Waals surface area contributed by atoms with Crippen molar-refractivity contribution in [3.05, 3.63) is 11.4 Å². The highest BCUT2D eigenvalue weighted by Gasteiger charge is 2.21. The third-order valence-corrected chi connectivity index (χ3v) is 3.82. The highest BCUT2D eigenvalue weighted by molar-refractivity contribution is 5.08. The van der Waals surface area contributed by atoms with Gasteiger partial charge in [-0.1, -0.05) is 31.9 Å². The van der Waals surface area contributed by atoms with Crippen LogP contribution in [0.4, 0.5) is 0 Å². The van der Waals surface area contributed by atoms with Gasteiger partial charge in [0.25, 0.3) is 0 Å². The quantitative estimate of drug-likeness (QED) is 0.834. The molecule has 0 spiro atoms. The molecule has 1 unspecified atom stereocenters. The van der Waals surface area contributed by atoms with Gasteiger partial charge in [0.2, 0.25) is 0 Å². The van der Waals surface area contributed by atoms with Crippen molar-refractivity contribution in [3.63, 3.8) is 0 Å². The summed E-state index contributed by atoms with van der Waals surface area (Å²) in [7, 11) is 0. The first-order valence-electron chi connectivity index (χ1n) is 6.95. The molecular weight excluding hydrogens is 228 g/mol. The Bertz CT molecular complexity index is 373. The maximum atomic E-state index is 5.83. The highest BCUT2D eigenvalue weighted by Crippen LogP contribution is 2.14. The van der Waals surface area contributed by atoms with Crippen LogP contribution in [0.3, 0.4) is 0 Å². The summed E-state index contributed by atoms with van der Waals surface area (Å²) in [6, 6.07) is 0. The number of aromatic nitrogens is 3. The van der Waals surface area contributed by atoms with E-state index >= 15 is 0 Å². The molecule has 1 aromatic heterocycles. The smallest absolute Gasteiger partial charge is 0.0909 e. The van der Waals surface area contributed by atoms with Gasteiger partial charge in [0, 0.05) is 6.54 Å². The van der Waals surface area contributed by atoms with Crippen LogP contribution in [0.1, 0.15) is 38.1 Å². The monoisotopic (exact) mass is 252 g/mol. The molecule has 1 aliphatic heterocycles. The van der Waals surface area contributed by atoms with Crippen LogP contribution in [0.5, 0.6) is 0 Å². The third-order valence-electron chi connectivity index (χ3n) is 3.82. The molecule has 0 amide bonds. The van der Waals surface area contributed by atoms with Crippen LogP contribution in [0.25, 0.3) is 0 Å². The number of nitrogens with zero attached hydrogens (tertiary/aromatic N) is 3. The fourth-order valence-corrected chi connectivity index (χ4v) is 2.34. The molecule has 2 rings (SSSR count). The minimum atomic E-state index is 0.216. The van der Waals surface area contributed by atoms with E-state index < -0.39 is 0 Å². The molecule has 102 valence electrons. The van der Waals surface area contributed by atoms with Gasteiger partial charge in [-0.3, -0.25) is 0 Å². The molecule has 2 heterocycles. The summed E-state index contributed by atoms with van der Waals surface area (Å²) in [6.07, 6.45) is 2.69. The minimum absolute atomic E-state index is 0.216. The van der Waals surface area contributed by atoms with Gasteiger partial charge in [0.15, 0.2) is 0 Å². The van der Waals surface area contributed by atoms with Gasteiger partial charge in [-0.05, 0) is 19.4 Å². The number of nitrogens with one attached hydrogen (secondary N) is 1. The summed E-state index contributed by atoms with van der Waals surface area (Å²) >= 11 is 0. The Hall–Kier alpha value is -0.940. The summed E-state index contributed by atoms with van der Waals surface area (Å²) in [5, 5.41) is 11.7. The van der Waals surface area contributed by atoms with Gasteiger partial charge < -0.3 is 10.1 Å². The summed E-state index contributed by atoms with van der Waals surface area (Å²) in [5.74, 6) is 0.776. The van der Waals surface area contributed by atoms with Gasteiger partial charge in [-0.2, -0.15) is 0 Å². The highest BCUT2D eigenvalue weighted by atomic mass is 16.5. The molecule has 1 aliphatic rings. The molecule has 1 atom stereocenters. The lowest BCUT2D eigenvalue weighted by Gasteiger charge is -2.25. The summed E-state index contributed by atoms with van der Waals surface area (Å²) in [6.45, 7) is 9.90. The molecule has 0 fully saturated rings. The number of rotatable bonds is 6. The number of aryl methyl sites for hydroxylation is 1. The molecule has 5 nitrogen and oxygen atoms in total.